The molecule has 3 rings (SSSR count). The third-order valence-corrected chi connectivity index (χ3v) is 6.48. The number of rotatable bonds is 7. The molecule has 0 aliphatic carbocycles. The number of carbonyl (C=O) groups excluding carboxylic acids is 1. The van der Waals surface area contributed by atoms with Crippen molar-refractivity contribution in [3.05, 3.63) is 81.8 Å². The molecule has 0 aromatic heterocycles. The molecule has 0 saturated heterocycles. The van der Waals surface area contributed by atoms with Crippen LogP contribution in [0.25, 0.3) is 0 Å². The summed E-state index contributed by atoms with van der Waals surface area (Å²) in [5.41, 5.74) is 3.10. The van der Waals surface area contributed by atoms with Crippen molar-refractivity contribution in [1.29, 1.82) is 0 Å². The Morgan fingerprint density at radius 3 is 2.26 bits per heavy atom. The Labute approximate surface area is 190 Å². The lowest BCUT2D eigenvalue weighted by Crippen LogP contribution is -2.16. The van der Waals surface area contributed by atoms with E-state index in [4.69, 9.17) is 4.74 Å². The van der Waals surface area contributed by atoms with Gasteiger partial charge in [-0.15, -0.1) is 0 Å². The first-order valence-corrected chi connectivity index (χ1v) is 11.9. The van der Waals surface area contributed by atoms with Crippen molar-refractivity contribution < 1.29 is 17.9 Å². The third-order valence-electron chi connectivity index (χ3n) is 4.63. The number of nitrogens with one attached hydrogen (secondary N) is 2. The molecule has 31 heavy (non-hydrogen) atoms. The van der Waals surface area contributed by atoms with Crippen molar-refractivity contribution in [2.75, 3.05) is 16.6 Å². The lowest BCUT2D eigenvalue weighted by Gasteiger charge is -2.14. The van der Waals surface area contributed by atoms with Crippen LogP contribution in [0, 0.1) is 13.8 Å². The predicted octanol–water partition coefficient (Wildman–Crippen LogP) is 5.52. The average Bonchev–Trinajstić information content (AvgIpc) is 2.73. The van der Waals surface area contributed by atoms with E-state index in [1.54, 1.807) is 30.3 Å². The first-order chi connectivity index (χ1) is 14.7. The molecule has 0 radical (unpaired) electrons. The van der Waals surface area contributed by atoms with Crippen molar-refractivity contribution in [3.8, 4) is 5.75 Å². The highest BCUT2D eigenvalue weighted by Crippen LogP contribution is 2.26. The van der Waals surface area contributed by atoms with Crippen molar-refractivity contribution in [2.45, 2.75) is 25.7 Å². The molecule has 0 fully saturated rings. The fraction of sp³-hybridized carbons (Fsp3) is 0.174. The molecule has 8 heteroatoms. The van der Waals surface area contributed by atoms with Crippen LogP contribution < -0.4 is 14.8 Å². The fourth-order valence-electron chi connectivity index (χ4n) is 3.05. The molecule has 0 saturated carbocycles. The second-order valence-corrected chi connectivity index (χ2v) is 9.52. The lowest BCUT2D eigenvalue weighted by molar-refractivity contribution is 0.102. The monoisotopic (exact) mass is 502 g/mol. The maximum Gasteiger partial charge on any atom is 0.261 e. The summed E-state index contributed by atoms with van der Waals surface area (Å²) in [7, 11) is -3.76. The molecule has 0 bridgehead atoms. The summed E-state index contributed by atoms with van der Waals surface area (Å²) in [5.74, 6) is 0.120. The normalized spacial score (nSPS) is 11.1. The van der Waals surface area contributed by atoms with Crippen molar-refractivity contribution in [1.82, 2.24) is 0 Å². The van der Waals surface area contributed by atoms with Crippen LogP contribution in [0.4, 0.5) is 11.4 Å². The highest BCUT2D eigenvalue weighted by molar-refractivity contribution is 9.10. The number of halogens is 1. The van der Waals surface area contributed by atoms with Gasteiger partial charge in [-0.3, -0.25) is 9.52 Å². The fourth-order valence-corrected chi connectivity index (χ4v) is 4.61. The van der Waals surface area contributed by atoms with Crippen LogP contribution in [0.2, 0.25) is 0 Å². The molecule has 0 spiro atoms. The number of para-hydroxylation sites is 1. The molecule has 0 heterocycles. The molecule has 1 amide bonds. The number of sulfonamides is 1. The Kier molecular flexibility index (Phi) is 7.02. The van der Waals surface area contributed by atoms with Crippen molar-refractivity contribution >= 4 is 43.2 Å². The van der Waals surface area contributed by atoms with Crippen LogP contribution in [0.15, 0.2) is 70.0 Å². The van der Waals surface area contributed by atoms with Crippen LogP contribution in [0.5, 0.6) is 5.75 Å². The Morgan fingerprint density at radius 2 is 1.65 bits per heavy atom. The van der Waals surface area contributed by atoms with E-state index in [9.17, 15) is 13.2 Å². The van der Waals surface area contributed by atoms with Gasteiger partial charge in [0.2, 0.25) is 0 Å². The summed E-state index contributed by atoms with van der Waals surface area (Å²) in [6.07, 6.45) is 0. The molecular formula is C23H23BrN2O4S. The molecule has 162 valence electrons. The molecule has 6 nitrogen and oxygen atoms in total. The predicted molar refractivity (Wildman–Crippen MR) is 126 cm³/mol. The first-order valence-electron chi connectivity index (χ1n) is 9.64. The number of hydrogen-bond donors (Lipinski definition) is 2. The maximum absolute atomic E-state index is 12.8. The summed E-state index contributed by atoms with van der Waals surface area (Å²) >= 11 is 3.36. The standard InChI is InChI=1S/C23H23BrN2O4S/c1-4-30-21-13-8-17(24)14-20(21)23(27)25-18-9-11-19(12-10-18)31(28,29)26-22-15(2)6-5-7-16(22)3/h5-14,26H,4H2,1-3H3,(H,25,27). The van der Waals surface area contributed by atoms with Gasteiger partial charge in [0, 0.05) is 10.2 Å². The van der Waals surface area contributed by atoms with Gasteiger partial charge in [-0.2, -0.15) is 0 Å². The summed E-state index contributed by atoms with van der Waals surface area (Å²) in [4.78, 5) is 12.8. The minimum Gasteiger partial charge on any atom is -0.493 e. The van der Waals surface area contributed by atoms with Crippen molar-refractivity contribution in [2.24, 2.45) is 0 Å². The largest absolute Gasteiger partial charge is 0.493 e. The molecule has 0 aliphatic heterocycles. The van der Waals surface area contributed by atoms with Crippen LogP contribution >= 0.6 is 15.9 Å². The number of amides is 1. The number of anilines is 2. The zero-order valence-corrected chi connectivity index (χ0v) is 19.8. The topological polar surface area (TPSA) is 84.5 Å². The summed E-state index contributed by atoms with van der Waals surface area (Å²) in [5, 5.41) is 2.78. The Balaban J connectivity index is 1.79. The molecule has 2 N–H and O–H groups in total. The zero-order chi connectivity index (χ0) is 22.6. The minimum absolute atomic E-state index is 0.102. The van der Waals surface area contributed by atoms with E-state index in [0.29, 0.717) is 29.3 Å². The molecule has 0 atom stereocenters. The number of aryl methyl sites for hydroxylation is 2. The number of benzene rings is 3. The van der Waals surface area contributed by atoms with Gasteiger partial charge in [0.25, 0.3) is 15.9 Å². The third kappa shape index (κ3) is 5.45. The van der Waals surface area contributed by atoms with Crippen LogP contribution in [-0.2, 0) is 10.0 Å². The lowest BCUT2D eigenvalue weighted by atomic mass is 10.1. The van der Waals surface area contributed by atoms with Gasteiger partial charge in [-0.1, -0.05) is 34.1 Å². The van der Waals surface area contributed by atoms with E-state index in [1.807, 2.05) is 39.0 Å². The molecular weight excluding hydrogens is 480 g/mol. The Hall–Kier alpha value is -2.84. The first kappa shape index (κ1) is 22.8. The summed E-state index contributed by atoms with van der Waals surface area (Å²) in [6, 6.07) is 16.8. The van der Waals surface area contributed by atoms with Gasteiger partial charge in [0.15, 0.2) is 0 Å². The van der Waals surface area contributed by atoms with E-state index in [0.717, 1.165) is 15.6 Å². The Morgan fingerprint density at radius 1 is 1.00 bits per heavy atom. The maximum atomic E-state index is 12.8. The van der Waals surface area contributed by atoms with Crippen molar-refractivity contribution in [3.63, 3.8) is 0 Å². The zero-order valence-electron chi connectivity index (χ0n) is 17.4. The van der Waals surface area contributed by atoms with Gasteiger partial charge in [0.1, 0.15) is 5.75 Å². The average molecular weight is 503 g/mol. The van der Waals surface area contributed by atoms with Gasteiger partial charge >= 0.3 is 0 Å². The molecule has 3 aromatic carbocycles. The van der Waals surface area contributed by atoms with E-state index in [-0.39, 0.29) is 10.8 Å². The van der Waals surface area contributed by atoms with Gasteiger partial charge in [0.05, 0.1) is 22.8 Å². The number of ether oxygens (including phenoxy) is 1. The molecule has 0 aliphatic rings. The van der Waals surface area contributed by atoms with E-state index >= 15 is 0 Å². The van der Waals surface area contributed by atoms with E-state index in [1.165, 1.54) is 12.1 Å². The SMILES string of the molecule is CCOc1ccc(Br)cc1C(=O)Nc1ccc(S(=O)(=O)Nc2c(C)cccc2C)cc1. The number of hydrogen-bond acceptors (Lipinski definition) is 4. The Bertz CT molecular complexity index is 1190. The second-order valence-electron chi connectivity index (χ2n) is 6.92. The summed E-state index contributed by atoms with van der Waals surface area (Å²) < 4.78 is 34.5. The highest BCUT2D eigenvalue weighted by Gasteiger charge is 2.18. The van der Waals surface area contributed by atoms with Gasteiger partial charge in [-0.05, 0) is 74.4 Å². The summed E-state index contributed by atoms with van der Waals surface area (Å²) in [6.45, 7) is 5.97. The van der Waals surface area contributed by atoms with Crippen LogP contribution in [0.1, 0.15) is 28.4 Å². The quantitative estimate of drug-likeness (QED) is 0.445. The highest BCUT2D eigenvalue weighted by atomic mass is 79.9. The molecule has 0 unspecified atom stereocenters. The van der Waals surface area contributed by atoms with E-state index < -0.39 is 10.0 Å². The smallest absolute Gasteiger partial charge is 0.261 e. The molecule has 3 aromatic rings. The second kappa shape index (κ2) is 9.53. The number of carbonyl (C=O) groups is 1. The van der Waals surface area contributed by atoms with Crippen LogP contribution in [-0.4, -0.2) is 20.9 Å². The minimum atomic E-state index is -3.76. The van der Waals surface area contributed by atoms with Gasteiger partial charge < -0.3 is 10.1 Å². The van der Waals surface area contributed by atoms with Gasteiger partial charge in [-0.25, -0.2) is 8.42 Å². The van der Waals surface area contributed by atoms with E-state index in [2.05, 4.69) is 26.0 Å². The van der Waals surface area contributed by atoms with Crippen LogP contribution in [0.3, 0.4) is 0 Å².